The Labute approximate surface area is 123 Å². The molecule has 9 nitrogen and oxygen atoms in total. The van der Waals surface area contributed by atoms with E-state index < -0.39 is 41.9 Å². The van der Waals surface area contributed by atoms with E-state index in [1.807, 2.05) is 0 Å². The number of rotatable bonds is 2. The molecule has 4 N–H and O–H groups in total. The number of fused-ring (bicyclic) bond motifs is 1. The first-order valence-electron chi connectivity index (χ1n) is 6.63. The van der Waals surface area contributed by atoms with Crippen LogP contribution in [0.15, 0.2) is 27.9 Å². The fraction of sp³-hybridized carbons (Fsp3) is 0.462. The predicted octanol–water partition coefficient (Wildman–Crippen LogP) is -1.91. The highest BCUT2D eigenvalue weighted by atomic mass is 16.6. The summed E-state index contributed by atoms with van der Waals surface area (Å²) in [6.07, 6.45) is -2.22. The van der Waals surface area contributed by atoms with Gasteiger partial charge in [0.2, 0.25) is 5.56 Å². The van der Waals surface area contributed by atoms with Crippen molar-refractivity contribution < 1.29 is 20.1 Å². The van der Waals surface area contributed by atoms with Crippen LogP contribution in [-0.2, 0) is 4.74 Å². The van der Waals surface area contributed by atoms with Crippen molar-refractivity contribution in [2.24, 2.45) is 0 Å². The number of pyridine rings is 1. The molecule has 3 rings (SSSR count). The zero-order valence-electron chi connectivity index (χ0n) is 11.6. The molecule has 0 amide bonds. The Morgan fingerprint density at radius 2 is 2.18 bits per heavy atom. The Balaban J connectivity index is 2.14. The predicted molar refractivity (Wildman–Crippen MR) is 74.3 cm³/mol. The van der Waals surface area contributed by atoms with Gasteiger partial charge in [-0.2, -0.15) is 4.98 Å². The average Bonchev–Trinajstić information content (AvgIpc) is 2.69. The molecule has 0 spiro atoms. The maximum absolute atomic E-state index is 12.1. The van der Waals surface area contributed by atoms with Crippen molar-refractivity contribution in [2.75, 3.05) is 6.61 Å². The van der Waals surface area contributed by atoms with Gasteiger partial charge in [-0.25, -0.2) is 4.79 Å². The molecule has 0 aromatic carbocycles. The Morgan fingerprint density at radius 3 is 2.82 bits per heavy atom. The van der Waals surface area contributed by atoms with Gasteiger partial charge in [0.1, 0.15) is 23.5 Å². The summed E-state index contributed by atoms with van der Waals surface area (Å²) in [6, 6.07) is 2.75. The third kappa shape index (κ3) is 2.15. The van der Waals surface area contributed by atoms with Crippen LogP contribution in [-0.4, -0.2) is 54.3 Å². The topological polar surface area (TPSA) is 138 Å². The second kappa shape index (κ2) is 4.99. The molecule has 2 aromatic rings. The number of nitrogens with zero attached hydrogens (tertiary/aromatic N) is 2. The van der Waals surface area contributed by atoms with Gasteiger partial charge in [-0.05, 0) is 13.0 Å². The number of H-pyrrole nitrogens is 1. The van der Waals surface area contributed by atoms with E-state index in [9.17, 15) is 19.8 Å². The van der Waals surface area contributed by atoms with Crippen LogP contribution in [0.3, 0.4) is 0 Å². The summed E-state index contributed by atoms with van der Waals surface area (Å²) in [5.41, 5.74) is -2.82. The van der Waals surface area contributed by atoms with E-state index in [0.717, 1.165) is 4.57 Å². The minimum atomic E-state index is -1.78. The molecule has 1 aliphatic heterocycles. The van der Waals surface area contributed by atoms with Gasteiger partial charge in [0, 0.05) is 17.6 Å². The van der Waals surface area contributed by atoms with Crippen LogP contribution < -0.4 is 11.2 Å². The van der Waals surface area contributed by atoms with Gasteiger partial charge in [-0.15, -0.1) is 0 Å². The van der Waals surface area contributed by atoms with Gasteiger partial charge >= 0.3 is 5.69 Å². The monoisotopic (exact) mass is 309 g/mol. The van der Waals surface area contributed by atoms with Gasteiger partial charge in [0.05, 0.1) is 6.61 Å². The summed E-state index contributed by atoms with van der Waals surface area (Å²) < 4.78 is 6.41. The Bertz CT molecular complexity index is 826. The van der Waals surface area contributed by atoms with Crippen LogP contribution in [0.1, 0.15) is 13.2 Å². The Morgan fingerprint density at radius 1 is 1.45 bits per heavy atom. The zero-order chi connectivity index (χ0) is 16.1. The van der Waals surface area contributed by atoms with E-state index in [1.165, 1.54) is 25.3 Å². The van der Waals surface area contributed by atoms with Crippen molar-refractivity contribution >= 4 is 11.0 Å². The highest BCUT2D eigenvalue weighted by molar-refractivity contribution is 5.72. The normalized spacial score (nSPS) is 31.7. The van der Waals surface area contributed by atoms with E-state index in [1.54, 1.807) is 0 Å². The molecular weight excluding hydrogens is 294 g/mol. The Hall–Kier alpha value is -2.07. The van der Waals surface area contributed by atoms with Crippen molar-refractivity contribution in [3.63, 3.8) is 0 Å². The van der Waals surface area contributed by atoms with E-state index in [-0.39, 0.29) is 5.65 Å². The van der Waals surface area contributed by atoms with Crippen LogP contribution in [0, 0.1) is 0 Å². The largest absolute Gasteiger partial charge is 0.394 e. The highest BCUT2D eigenvalue weighted by Crippen LogP contribution is 2.37. The first kappa shape index (κ1) is 14.9. The van der Waals surface area contributed by atoms with Crippen LogP contribution in [0.2, 0.25) is 0 Å². The number of aliphatic hydroxyl groups is 3. The number of ether oxygens (including phenoxy) is 1. The number of hydrogen-bond acceptors (Lipinski definition) is 7. The smallest absolute Gasteiger partial charge is 0.351 e. The van der Waals surface area contributed by atoms with E-state index in [2.05, 4.69) is 9.97 Å². The van der Waals surface area contributed by atoms with Crippen molar-refractivity contribution in [3.05, 3.63) is 39.2 Å². The lowest BCUT2D eigenvalue weighted by atomic mass is 9.96. The summed E-state index contributed by atoms with van der Waals surface area (Å²) >= 11 is 0. The van der Waals surface area contributed by atoms with Crippen LogP contribution in [0.25, 0.3) is 11.0 Å². The van der Waals surface area contributed by atoms with Gasteiger partial charge in [0.15, 0.2) is 6.23 Å². The first-order valence-corrected chi connectivity index (χ1v) is 6.63. The number of aromatic amines is 1. The average molecular weight is 309 g/mol. The van der Waals surface area contributed by atoms with Crippen molar-refractivity contribution in [3.8, 4) is 0 Å². The molecule has 2 aromatic heterocycles. The molecule has 3 heterocycles. The summed E-state index contributed by atoms with van der Waals surface area (Å²) in [5, 5.41) is 30.0. The fourth-order valence-corrected chi connectivity index (χ4v) is 2.59. The van der Waals surface area contributed by atoms with Crippen molar-refractivity contribution in [1.29, 1.82) is 0 Å². The maximum Gasteiger partial charge on any atom is 0.351 e. The lowest BCUT2D eigenvalue weighted by Gasteiger charge is -2.27. The molecule has 0 radical (unpaired) electrons. The summed E-state index contributed by atoms with van der Waals surface area (Å²) in [4.78, 5) is 29.5. The Kier molecular flexibility index (Phi) is 3.37. The molecular formula is C13H15N3O6. The van der Waals surface area contributed by atoms with E-state index in [0.29, 0.717) is 5.39 Å². The lowest BCUT2D eigenvalue weighted by molar-refractivity contribution is -0.0985. The minimum Gasteiger partial charge on any atom is -0.394 e. The van der Waals surface area contributed by atoms with E-state index >= 15 is 0 Å². The van der Waals surface area contributed by atoms with Gasteiger partial charge < -0.3 is 25.0 Å². The van der Waals surface area contributed by atoms with Crippen LogP contribution in [0.5, 0.6) is 0 Å². The van der Waals surface area contributed by atoms with Gasteiger partial charge in [0.25, 0.3) is 0 Å². The molecule has 1 saturated heterocycles. The molecule has 118 valence electrons. The standard InChI is InChI=1S/C13H15N3O6/c1-13(21)9(19)7(5-17)22-11(13)16-4-6-2-3-8(18)14-10(6)15-12(16)20/h2-4,7,9,11,17,19,21H,5H2,1H3,(H,14,15,18,20)/t7-,9-,11-,13-/m1/s1. The highest BCUT2D eigenvalue weighted by Gasteiger charge is 2.53. The number of nitrogens with one attached hydrogen (secondary N) is 1. The van der Waals surface area contributed by atoms with Crippen LogP contribution >= 0.6 is 0 Å². The lowest BCUT2D eigenvalue weighted by Crippen LogP contribution is -2.46. The molecule has 1 aliphatic rings. The van der Waals surface area contributed by atoms with Gasteiger partial charge in [-0.1, -0.05) is 0 Å². The quantitative estimate of drug-likeness (QED) is 0.507. The molecule has 4 atom stereocenters. The first-order chi connectivity index (χ1) is 10.3. The third-order valence-electron chi connectivity index (χ3n) is 3.82. The van der Waals surface area contributed by atoms with Crippen LogP contribution in [0.4, 0.5) is 0 Å². The number of hydrogen-bond donors (Lipinski definition) is 4. The molecule has 9 heteroatoms. The molecule has 0 unspecified atom stereocenters. The molecule has 0 aliphatic carbocycles. The number of aromatic nitrogens is 3. The summed E-state index contributed by atoms with van der Waals surface area (Å²) in [6.45, 7) is 0.804. The minimum absolute atomic E-state index is 0.116. The maximum atomic E-state index is 12.1. The second-order valence-electron chi connectivity index (χ2n) is 5.44. The molecule has 0 bridgehead atoms. The second-order valence-corrected chi connectivity index (χ2v) is 5.44. The summed E-state index contributed by atoms with van der Waals surface area (Å²) in [5.74, 6) is 0. The van der Waals surface area contributed by atoms with Gasteiger partial charge in [-0.3, -0.25) is 9.36 Å². The molecule has 0 saturated carbocycles. The van der Waals surface area contributed by atoms with Crippen molar-refractivity contribution in [2.45, 2.75) is 31.0 Å². The fourth-order valence-electron chi connectivity index (χ4n) is 2.59. The molecule has 22 heavy (non-hydrogen) atoms. The number of aliphatic hydroxyl groups excluding tert-OH is 2. The SMILES string of the molecule is C[C@@]1(O)[C@H](O)[C@@H](CO)O[C@H]1n1cc2ccc(=O)[nH]c2nc1=O. The third-order valence-corrected chi connectivity index (χ3v) is 3.82. The zero-order valence-corrected chi connectivity index (χ0v) is 11.6. The van der Waals surface area contributed by atoms with E-state index in [4.69, 9.17) is 9.84 Å². The molecule has 1 fully saturated rings. The summed E-state index contributed by atoms with van der Waals surface area (Å²) in [7, 11) is 0. The van der Waals surface area contributed by atoms with Crippen molar-refractivity contribution in [1.82, 2.24) is 14.5 Å².